The van der Waals surface area contributed by atoms with Crippen molar-refractivity contribution in [1.82, 2.24) is 0 Å². The molecule has 0 fully saturated rings. The highest BCUT2D eigenvalue weighted by molar-refractivity contribution is 6.42. The number of nitrogens with one attached hydrogen (secondary N) is 1. The molecule has 0 unspecified atom stereocenters. The zero-order valence-corrected chi connectivity index (χ0v) is 17.6. The van der Waals surface area contributed by atoms with E-state index in [-0.39, 0.29) is 0 Å². The Morgan fingerprint density at radius 3 is 2.21 bits per heavy atom. The van der Waals surface area contributed by atoms with Crippen LogP contribution in [0.25, 0.3) is 0 Å². The van der Waals surface area contributed by atoms with Crippen molar-refractivity contribution < 1.29 is 9.47 Å². The summed E-state index contributed by atoms with van der Waals surface area (Å²) in [5.74, 6) is 1.42. The van der Waals surface area contributed by atoms with Gasteiger partial charge in [-0.2, -0.15) is 0 Å². The Morgan fingerprint density at radius 1 is 0.750 bits per heavy atom. The number of rotatable bonds is 8. The van der Waals surface area contributed by atoms with Crippen molar-refractivity contribution in [3.05, 3.63) is 86.9 Å². The maximum Gasteiger partial charge on any atom is 0.161 e. The first-order valence-corrected chi connectivity index (χ1v) is 10.0. The Morgan fingerprint density at radius 2 is 1.50 bits per heavy atom. The average Bonchev–Trinajstić information content (AvgIpc) is 2.69. The van der Waals surface area contributed by atoms with E-state index in [0.717, 1.165) is 16.8 Å². The highest BCUT2D eigenvalue weighted by atomic mass is 35.5. The van der Waals surface area contributed by atoms with Crippen molar-refractivity contribution in [2.45, 2.75) is 20.1 Å². The van der Waals surface area contributed by atoms with E-state index < -0.39 is 0 Å². The van der Waals surface area contributed by atoms with Gasteiger partial charge in [-0.05, 0) is 60.5 Å². The summed E-state index contributed by atoms with van der Waals surface area (Å²) in [6.45, 7) is 3.57. The summed E-state index contributed by atoms with van der Waals surface area (Å²) in [7, 11) is 0. The smallest absolute Gasteiger partial charge is 0.161 e. The second-order valence-corrected chi connectivity index (χ2v) is 7.36. The van der Waals surface area contributed by atoms with E-state index in [2.05, 4.69) is 5.32 Å². The third kappa shape index (κ3) is 5.71. The van der Waals surface area contributed by atoms with Gasteiger partial charge in [-0.3, -0.25) is 0 Å². The zero-order chi connectivity index (χ0) is 19.9. The van der Waals surface area contributed by atoms with Crippen LogP contribution in [0.2, 0.25) is 15.1 Å². The first kappa shape index (κ1) is 20.7. The molecule has 146 valence electrons. The summed E-state index contributed by atoms with van der Waals surface area (Å²) in [4.78, 5) is 0. The van der Waals surface area contributed by atoms with Gasteiger partial charge in [0.1, 0.15) is 6.61 Å². The van der Waals surface area contributed by atoms with E-state index >= 15 is 0 Å². The SMILES string of the molecule is CCOc1cc(CNc2ccc(Cl)c(Cl)c2)ccc1OCc1ccc(Cl)cc1. The van der Waals surface area contributed by atoms with E-state index in [1.54, 1.807) is 12.1 Å². The standard InChI is InChI=1S/C22H20Cl3NO2/c1-2-27-22-11-16(13-26-18-8-9-19(24)20(25)12-18)5-10-21(22)28-14-15-3-6-17(23)7-4-15/h3-12,26H,2,13-14H2,1H3. The Balaban J connectivity index is 1.67. The molecule has 0 saturated carbocycles. The van der Waals surface area contributed by atoms with Gasteiger partial charge < -0.3 is 14.8 Å². The van der Waals surface area contributed by atoms with Crippen molar-refractivity contribution >= 4 is 40.5 Å². The summed E-state index contributed by atoms with van der Waals surface area (Å²) in [5, 5.41) is 5.09. The lowest BCUT2D eigenvalue weighted by molar-refractivity contribution is 0.269. The predicted octanol–water partition coefficient (Wildman–Crippen LogP) is 7.24. The number of hydrogen-bond donors (Lipinski definition) is 1. The van der Waals surface area contributed by atoms with Gasteiger partial charge in [-0.25, -0.2) is 0 Å². The lowest BCUT2D eigenvalue weighted by Gasteiger charge is -2.14. The van der Waals surface area contributed by atoms with Gasteiger partial charge in [0.2, 0.25) is 0 Å². The van der Waals surface area contributed by atoms with Crippen LogP contribution in [0.1, 0.15) is 18.1 Å². The molecule has 0 aliphatic heterocycles. The maximum absolute atomic E-state index is 6.06. The van der Waals surface area contributed by atoms with Crippen LogP contribution in [0, 0.1) is 0 Å². The Kier molecular flexibility index (Phi) is 7.32. The molecule has 0 heterocycles. The van der Waals surface area contributed by atoms with Crippen molar-refractivity contribution in [2.24, 2.45) is 0 Å². The molecule has 0 aliphatic rings. The highest BCUT2D eigenvalue weighted by Crippen LogP contribution is 2.30. The van der Waals surface area contributed by atoms with E-state index in [0.29, 0.717) is 46.3 Å². The fraction of sp³-hybridized carbons (Fsp3) is 0.182. The Bertz CT molecular complexity index is 930. The minimum absolute atomic E-state index is 0.443. The molecule has 6 heteroatoms. The first-order chi connectivity index (χ1) is 13.5. The van der Waals surface area contributed by atoms with Crippen LogP contribution in [0.3, 0.4) is 0 Å². The monoisotopic (exact) mass is 435 g/mol. The molecule has 0 radical (unpaired) electrons. The quantitative estimate of drug-likeness (QED) is 0.404. The van der Waals surface area contributed by atoms with Crippen LogP contribution in [0.4, 0.5) is 5.69 Å². The van der Waals surface area contributed by atoms with Crippen molar-refractivity contribution in [3.8, 4) is 11.5 Å². The molecule has 0 saturated heterocycles. The van der Waals surface area contributed by atoms with Crippen molar-refractivity contribution in [3.63, 3.8) is 0 Å². The molecule has 3 nitrogen and oxygen atoms in total. The second-order valence-electron chi connectivity index (χ2n) is 6.11. The van der Waals surface area contributed by atoms with Crippen molar-refractivity contribution in [2.75, 3.05) is 11.9 Å². The minimum Gasteiger partial charge on any atom is -0.490 e. The summed E-state index contributed by atoms with van der Waals surface area (Å²) in [5.41, 5.74) is 3.00. The normalized spacial score (nSPS) is 10.6. The van der Waals surface area contributed by atoms with E-state index in [9.17, 15) is 0 Å². The Hall–Kier alpha value is -2.07. The first-order valence-electron chi connectivity index (χ1n) is 8.87. The van der Waals surface area contributed by atoms with Crippen LogP contribution >= 0.6 is 34.8 Å². The number of halogens is 3. The minimum atomic E-state index is 0.443. The van der Waals surface area contributed by atoms with E-state index in [4.69, 9.17) is 44.3 Å². The third-order valence-corrected chi connectivity index (χ3v) is 5.02. The largest absolute Gasteiger partial charge is 0.490 e. The molecule has 1 N–H and O–H groups in total. The molecule has 3 aromatic carbocycles. The molecule has 28 heavy (non-hydrogen) atoms. The summed E-state index contributed by atoms with van der Waals surface area (Å²) >= 11 is 17.9. The van der Waals surface area contributed by atoms with Gasteiger partial charge in [0.15, 0.2) is 11.5 Å². The third-order valence-electron chi connectivity index (χ3n) is 4.03. The number of hydrogen-bond acceptors (Lipinski definition) is 3. The molecule has 0 amide bonds. The molecule has 0 aromatic heterocycles. The fourth-order valence-electron chi connectivity index (χ4n) is 2.60. The van der Waals surface area contributed by atoms with Gasteiger partial charge in [0.05, 0.1) is 16.7 Å². The molecule has 0 aliphatic carbocycles. The number of anilines is 1. The molecule has 0 bridgehead atoms. The second kappa shape index (κ2) is 9.92. The molecule has 3 aromatic rings. The van der Waals surface area contributed by atoms with Crippen LogP contribution in [0.5, 0.6) is 11.5 Å². The van der Waals surface area contributed by atoms with Gasteiger partial charge in [-0.1, -0.05) is 53.0 Å². The van der Waals surface area contributed by atoms with Crippen LogP contribution < -0.4 is 14.8 Å². The maximum atomic E-state index is 6.06. The topological polar surface area (TPSA) is 30.5 Å². The molecular formula is C22H20Cl3NO2. The van der Waals surface area contributed by atoms with Gasteiger partial charge in [0.25, 0.3) is 0 Å². The van der Waals surface area contributed by atoms with Crippen LogP contribution in [-0.2, 0) is 13.2 Å². The summed E-state index contributed by atoms with van der Waals surface area (Å²) in [6.07, 6.45) is 0. The predicted molar refractivity (Wildman–Crippen MR) is 117 cm³/mol. The van der Waals surface area contributed by atoms with E-state index in [1.165, 1.54) is 0 Å². The van der Waals surface area contributed by atoms with Gasteiger partial charge >= 0.3 is 0 Å². The van der Waals surface area contributed by atoms with Gasteiger partial charge in [-0.15, -0.1) is 0 Å². The molecule has 0 atom stereocenters. The summed E-state index contributed by atoms with van der Waals surface area (Å²) in [6, 6.07) is 18.9. The number of benzene rings is 3. The summed E-state index contributed by atoms with van der Waals surface area (Å²) < 4.78 is 11.7. The lowest BCUT2D eigenvalue weighted by Crippen LogP contribution is -2.03. The molecular weight excluding hydrogens is 417 g/mol. The van der Waals surface area contributed by atoms with Crippen LogP contribution in [0.15, 0.2) is 60.7 Å². The average molecular weight is 437 g/mol. The fourth-order valence-corrected chi connectivity index (χ4v) is 3.03. The van der Waals surface area contributed by atoms with Crippen molar-refractivity contribution in [1.29, 1.82) is 0 Å². The molecule has 3 rings (SSSR count). The lowest BCUT2D eigenvalue weighted by atomic mass is 10.2. The molecule has 0 spiro atoms. The highest BCUT2D eigenvalue weighted by Gasteiger charge is 2.08. The van der Waals surface area contributed by atoms with Crippen LogP contribution in [-0.4, -0.2) is 6.61 Å². The Labute approximate surface area is 180 Å². The van der Waals surface area contributed by atoms with Gasteiger partial charge in [0, 0.05) is 17.3 Å². The zero-order valence-electron chi connectivity index (χ0n) is 15.3. The van der Waals surface area contributed by atoms with E-state index in [1.807, 2.05) is 55.5 Å². The number of ether oxygens (including phenoxy) is 2.